The molecule has 1 aliphatic rings. The number of carbonyl (C=O) groups excluding carboxylic acids is 1. The predicted molar refractivity (Wildman–Crippen MR) is 99.0 cm³/mol. The van der Waals surface area contributed by atoms with Gasteiger partial charge < -0.3 is 10.6 Å². The largest absolute Gasteiger partial charge is 0.312 e. The maximum Gasteiger partial charge on any atom is 0.275 e. The fraction of sp³-hybridized carbons (Fsp3) is 0.333. The lowest BCUT2D eigenvalue weighted by atomic mass is 10.0. The van der Waals surface area contributed by atoms with E-state index in [0.717, 1.165) is 25.1 Å². The summed E-state index contributed by atoms with van der Waals surface area (Å²) in [6.45, 7) is 5.67. The van der Waals surface area contributed by atoms with E-state index in [-0.39, 0.29) is 11.9 Å². The Kier molecular flexibility index (Phi) is 4.59. The van der Waals surface area contributed by atoms with Crippen LogP contribution in [-0.2, 0) is 13.0 Å². The van der Waals surface area contributed by atoms with Crippen molar-refractivity contribution < 1.29 is 4.79 Å². The van der Waals surface area contributed by atoms with Crippen LogP contribution in [0.15, 0.2) is 30.5 Å². The first kappa shape index (κ1) is 17.2. The summed E-state index contributed by atoms with van der Waals surface area (Å²) >= 11 is 0. The van der Waals surface area contributed by atoms with E-state index in [2.05, 4.69) is 36.1 Å². The van der Waals surface area contributed by atoms with Crippen LogP contribution in [0.1, 0.15) is 41.5 Å². The lowest BCUT2D eigenvalue weighted by molar-refractivity contribution is 0.102. The Morgan fingerprint density at radius 3 is 3.04 bits per heavy atom. The maximum absolute atomic E-state index is 12.6. The summed E-state index contributed by atoms with van der Waals surface area (Å²) in [6, 6.07) is 7.28. The smallest absolute Gasteiger partial charge is 0.275 e. The second-order valence-electron chi connectivity index (χ2n) is 6.67. The van der Waals surface area contributed by atoms with Crippen LogP contribution in [0, 0.1) is 0 Å². The van der Waals surface area contributed by atoms with Gasteiger partial charge in [-0.05, 0) is 66.6 Å². The highest BCUT2D eigenvalue weighted by atomic mass is 16.1. The van der Waals surface area contributed by atoms with Crippen molar-refractivity contribution >= 4 is 11.7 Å². The average molecular weight is 364 g/mol. The first-order valence-electron chi connectivity index (χ1n) is 8.87. The molecule has 0 spiro atoms. The Morgan fingerprint density at radius 1 is 1.30 bits per heavy atom. The molecule has 0 saturated carbocycles. The molecule has 0 radical (unpaired) electrons. The van der Waals surface area contributed by atoms with Crippen LogP contribution < -0.4 is 10.6 Å². The minimum absolute atomic E-state index is 0.100. The Bertz CT molecular complexity index is 981. The molecule has 2 N–H and O–H groups in total. The monoisotopic (exact) mass is 364 g/mol. The van der Waals surface area contributed by atoms with Crippen LogP contribution in [0.2, 0.25) is 0 Å². The number of pyridine rings is 2. The molecule has 0 atom stereocenters. The van der Waals surface area contributed by atoms with E-state index in [0.29, 0.717) is 23.0 Å². The number of hydrogen-bond acceptors (Lipinski definition) is 7. The molecule has 0 fully saturated rings. The zero-order chi connectivity index (χ0) is 18.8. The molecule has 4 rings (SSSR count). The quantitative estimate of drug-likeness (QED) is 0.723. The number of fused-ring (bicyclic) bond motifs is 1. The zero-order valence-corrected chi connectivity index (χ0v) is 15.2. The van der Waals surface area contributed by atoms with Gasteiger partial charge in [-0.25, -0.2) is 9.67 Å². The highest BCUT2D eigenvalue weighted by Crippen LogP contribution is 2.19. The van der Waals surface area contributed by atoms with Gasteiger partial charge in [-0.2, -0.15) is 0 Å². The van der Waals surface area contributed by atoms with E-state index >= 15 is 0 Å². The second kappa shape index (κ2) is 7.20. The van der Waals surface area contributed by atoms with Gasteiger partial charge in [0.2, 0.25) is 5.82 Å². The van der Waals surface area contributed by atoms with Gasteiger partial charge in [-0.3, -0.25) is 9.78 Å². The molecule has 0 aliphatic carbocycles. The van der Waals surface area contributed by atoms with Gasteiger partial charge in [0.1, 0.15) is 17.2 Å². The Balaban J connectivity index is 1.56. The number of hydrogen-bond donors (Lipinski definition) is 2. The number of tetrazole rings is 1. The number of rotatable bonds is 4. The highest BCUT2D eigenvalue weighted by Gasteiger charge is 2.16. The van der Waals surface area contributed by atoms with E-state index in [9.17, 15) is 4.79 Å². The number of carbonyl (C=O) groups is 1. The lowest BCUT2D eigenvalue weighted by Gasteiger charge is -2.17. The maximum atomic E-state index is 12.6. The number of anilines is 1. The molecule has 27 heavy (non-hydrogen) atoms. The third-order valence-corrected chi connectivity index (χ3v) is 4.40. The van der Waals surface area contributed by atoms with Gasteiger partial charge in [0.15, 0.2) is 0 Å². The molecular formula is C18H20N8O. The molecule has 3 aromatic heterocycles. The van der Waals surface area contributed by atoms with Crippen molar-refractivity contribution in [3.8, 4) is 11.5 Å². The second-order valence-corrected chi connectivity index (χ2v) is 6.67. The lowest BCUT2D eigenvalue weighted by Crippen LogP contribution is -2.25. The van der Waals surface area contributed by atoms with Gasteiger partial charge in [-0.15, -0.1) is 5.10 Å². The molecule has 3 aromatic rings. The Morgan fingerprint density at radius 2 is 2.19 bits per heavy atom. The molecule has 1 aliphatic heterocycles. The van der Waals surface area contributed by atoms with Crippen LogP contribution in [0.3, 0.4) is 0 Å². The van der Waals surface area contributed by atoms with Crippen molar-refractivity contribution in [1.29, 1.82) is 0 Å². The molecule has 0 unspecified atom stereocenters. The minimum atomic E-state index is -0.295. The molecule has 0 bridgehead atoms. The highest BCUT2D eigenvalue weighted by molar-refractivity contribution is 6.02. The van der Waals surface area contributed by atoms with Crippen molar-refractivity contribution in [2.75, 3.05) is 11.9 Å². The summed E-state index contributed by atoms with van der Waals surface area (Å²) in [5.74, 6) is 0.684. The number of nitrogens with one attached hydrogen (secondary N) is 2. The fourth-order valence-corrected chi connectivity index (χ4v) is 3.00. The van der Waals surface area contributed by atoms with Crippen molar-refractivity contribution in [3.05, 3.63) is 47.3 Å². The molecule has 138 valence electrons. The summed E-state index contributed by atoms with van der Waals surface area (Å²) in [4.78, 5) is 21.4. The Labute approximate surface area is 156 Å². The molecule has 9 nitrogen and oxygen atoms in total. The third kappa shape index (κ3) is 3.54. The van der Waals surface area contributed by atoms with Crippen LogP contribution in [0.5, 0.6) is 0 Å². The summed E-state index contributed by atoms with van der Waals surface area (Å²) in [5.41, 5.74) is 3.26. The van der Waals surface area contributed by atoms with Gasteiger partial charge in [-0.1, -0.05) is 6.07 Å². The molecule has 0 aromatic carbocycles. The van der Waals surface area contributed by atoms with Crippen LogP contribution in [-0.4, -0.2) is 42.6 Å². The van der Waals surface area contributed by atoms with Crippen molar-refractivity contribution in [3.63, 3.8) is 0 Å². The molecular weight excluding hydrogens is 344 g/mol. The van der Waals surface area contributed by atoms with Crippen molar-refractivity contribution in [2.45, 2.75) is 32.9 Å². The number of nitrogens with zero attached hydrogens (tertiary/aromatic N) is 6. The minimum Gasteiger partial charge on any atom is -0.312 e. The van der Waals surface area contributed by atoms with E-state index in [1.807, 2.05) is 32.0 Å². The van der Waals surface area contributed by atoms with Crippen LogP contribution in [0.25, 0.3) is 11.5 Å². The molecule has 1 amide bonds. The summed E-state index contributed by atoms with van der Waals surface area (Å²) in [5, 5.41) is 17.9. The van der Waals surface area contributed by atoms with E-state index < -0.39 is 0 Å². The molecule has 4 heterocycles. The first-order chi connectivity index (χ1) is 13.1. The van der Waals surface area contributed by atoms with Gasteiger partial charge in [0.25, 0.3) is 5.91 Å². The van der Waals surface area contributed by atoms with Crippen molar-refractivity contribution in [1.82, 2.24) is 35.5 Å². The van der Waals surface area contributed by atoms with Crippen LogP contribution >= 0.6 is 0 Å². The number of aromatic nitrogens is 6. The first-order valence-corrected chi connectivity index (χ1v) is 8.87. The van der Waals surface area contributed by atoms with Crippen LogP contribution in [0.4, 0.5) is 5.82 Å². The van der Waals surface area contributed by atoms with Gasteiger partial charge >= 0.3 is 0 Å². The standard InChI is InChI=1S/C18H20N8O/c1-11(2)26-17(23-24-25-26)14-4-3-5-16(21-14)22-18(27)15-8-13-9-19-7-6-12(13)10-20-15/h3-5,8,10-11,19H,6-7,9H2,1-2H3,(H,21,22,27). The van der Waals surface area contributed by atoms with E-state index in [1.54, 1.807) is 16.9 Å². The summed E-state index contributed by atoms with van der Waals surface area (Å²) in [7, 11) is 0. The zero-order valence-electron chi connectivity index (χ0n) is 15.2. The average Bonchev–Trinajstić information content (AvgIpc) is 3.18. The fourth-order valence-electron chi connectivity index (χ4n) is 3.00. The topological polar surface area (TPSA) is 111 Å². The van der Waals surface area contributed by atoms with E-state index in [4.69, 9.17) is 0 Å². The predicted octanol–water partition coefficient (Wildman–Crippen LogP) is 1.61. The normalized spacial score (nSPS) is 13.4. The molecule has 9 heteroatoms. The Hall–Kier alpha value is -3.20. The van der Waals surface area contributed by atoms with Gasteiger partial charge in [0.05, 0.1) is 6.04 Å². The SMILES string of the molecule is CC(C)n1nnnc1-c1cccc(NC(=O)c2cc3c(cn2)CCNC3)n1. The van der Waals surface area contributed by atoms with E-state index in [1.165, 1.54) is 5.56 Å². The summed E-state index contributed by atoms with van der Waals surface area (Å²) < 4.78 is 1.69. The third-order valence-electron chi connectivity index (χ3n) is 4.40. The van der Waals surface area contributed by atoms with Crippen molar-refractivity contribution in [2.24, 2.45) is 0 Å². The molecule has 0 saturated heterocycles. The number of amides is 1. The summed E-state index contributed by atoms with van der Waals surface area (Å²) in [6.07, 6.45) is 2.71. The van der Waals surface area contributed by atoms with Gasteiger partial charge in [0, 0.05) is 12.7 Å².